The van der Waals surface area contributed by atoms with E-state index >= 15 is 0 Å². The topological polar surface area (TPSA) is 63.4 Å². The van der Waals surface area contributed by atoms with Gasteiger partial charge < -0.3 is 5.73 Å². The summed E-state index contributed by atoms with van der Waals surface area (Å²) in [6, 6.07) is 13.8. The zero-order valence-electron chi connectivity index (χ0n) is 13.2. The van der Waals surface area contributed by atoms with E-state index < -0.39 is 10.0 Å². The molecule has 0 spiro atoms. The third-order valence-electron chi connectivity index (χ3n) is 3.38. The first-order chi connectivity index (χ1) is 10.3. The van der Waals surface area contributed by atoms with Gasteiger partial charge in [-0.2, -0.15) is 0 Å². The summed E-state index contributed by atoms with van der Waals surface area (Å²) in [7, 11) is -3.61. The monoisotopic (exact) mass is 318 g/mol. The maximum atomic E-state index is 13.0. The van der Waals surface area contributed by atoms with E-state index in [4.69, 9.17) is 5.73 Å². The fourth-order valence-corrected chi connectivity index (χ4v) is 3.96. The second kappa shape index (κ2) is 6.40. The van der Waals surface area contributed by atoms with Crippen LogP contribution in [0.4, 0.5) is 11.4 Å². The van der Waals surface area contributed by atoms with Crippen LogP contribution in [0.5, 0.6) is 0 Å². The standard InChI is InChI=1S/C17H22N2O2S/c1-13(2)12-19(17-7-5-4-6-14(17)3)22(20,21)16-10-8-15(18)9-11-16/h4-11,13H,12,18H2,1-3H3. The highest BCUT2D eigenvalue weighted by Gasteiger charge is 2.26. The number of benzene rings is 2. The van der Waals surface area contributed by atoms with Gasteiger partial charge in [-0.15, -0.1) is 0 Å². The number of hydrogen-bond acceptors (Lipinski definition) is 3. The normalized spacial score (nSPS) is 11.6. The van der Waals surface area contributed by atoms with Gasteiger partial charge in [0.05, 0.1) is 10.6 Å². The van der Waals surface area contributed by atoms with Gasteiger partial charge in [0.15, 0.2) is 0 Å². The maximum Gasteiger partial charge on any atom is 0.264 e. The molecule has 0 unspecified atom stereocenters. The van der Waals surface area contributed by atoms with Gasteiger partial charge in [-0.05, 0) is 48.7 Å². The first-order valence-electron chi connectivity index (χ1n) is 7.26. The lowest BCUT2D eigenvalue weighted by Gasteiger charge is -2.27. The molecule has 2 N–H and O–H groups in total. The van der Waals surface area contributed by atoms with Crippen molar-refractivity contribution in [2.45, 2.75) is 25.7 Å². The Bertz CT molecular complexity index is 738. The van der Waals surface area contributed by atoms with E-state index in [9.17, 15) is 8.42 Å². The SMILES string of the molecule is Cc1ccccc1N(CC(C)C)S(=O)(=O)c1ccc(N)cc1. The van der Waals surface area contributed by atoms with Crippen LogP contribution in [-0.2, 0) is 10.0 Å². The number of anilines is 2. The van der Waals surface area contributed by atoms with Crippen LogP contribution < -0.4 is 10.0 Å². The number of hydrogen-bond donors (Lipinski definition) is 1. The van der Waals surface area contributed by atoms with Gasteiger partial charge >= 0.3 is 0 Å². The molecule has 0 aliphatic rings. The third-order valence-corrected chi connectivity index (χ3v) is 5.18. The predicted octanol–water partition coefficient (Wildman–Crippen LogP) is 3.43. The van der Waals surface area contributed by atoms with E-state index in [0.29, 0.717) is 17.9 Å². The molecule has 0 bridgehead atoms. The molecule has 2 rings (SSSR count). The van der Waals surface area contributed by atoms with Gasteiger partial charge in [0.1, 0.15) is 0 Å². The van der Waals surface area contributed by atoms with Gasteiger partial charge in [-0.3, -0.25) is 4.31 Å². The number of para-hydroxylation sites is 1. The van der Waals surface area contributed by atoms with Crippen molar-refractivity contribution in [3.05, 3.63) is 54.1 Å². The zero-order valence-corrected chi connectivity index (χ0v) is 14.0. The molecule has 0 aliphatic carbocycles. The summed E-state index contributed by atoms with van der Waals surface area (Å²) in [5.41, 5.74) is 7.85. The van der Waals surface area contributed by atoms with E-state index in [2.05, 4.69) is 0 Å². The van der Waals surface area contributed by atoms with Gasteiger partial charge in [-0.1, -0.05) is 32.0 Å². The fraction of sp³-hybridized carbons (Fsp3) is 0.294. The maximum absolute atomic E-state index is 13.0. The minimum absolute atomic E-state index is 0.211. The molecule has 0 aromatic heterocycles. The number of aryl methyl sites for hydroxylation is 1. The molecule has 0 fully saturated rings. The minimum atomic E-state index is -3.61. The van der Waals surface area contributed by atoms with E-state index in [0.717, 1.165) is 5.56 Å². The summed E-state index contributed by atoms with van der Waals surface area (Å²) in [6.45, 7) is 6.35. The summed E-state index contributed by atoms with van der Waals surface area (Å²) >= 11 is 0. The van der Waals surface area contributed by atoms with Gasteiger partial charge in [0.2, 0.25) is 0 Å². The minimum Gasteiger partial charge on any atom is -0.399 e. The van der Waals surface area contributed by atoms with Crippen molar-refractivity contribution in [2.75, 3.05) is 16.6 Å². The smallest absolute Gasteiger partial charge is 0.264 e. The van der Waals surface area contributed by atoms with E-state index in [1.54, 1.807) is 24.3 Å². The lowest BCUT2D eigenvalue weighted by Crippen LogP contribution is -2.34. The van der Waals surface area contributed by atoms with Crippen LogP contribution in [0.1, 0.15) is 19.4 Å². The van der Waals surface area contributed by atoms with Crippen molar-refractivity contribution >= 4 is 21.4 Å². The molecule has 118 valence electrons. The largest absolute Gasteiger partial charge is 0.399 e. The summed E-state index contributed by atoms with van der Waals surface area (Å²) in [5, 5.41) is 0. The summed E-state index contributed by atoms with van der Waals surface area (Å²) < 4.78 is 27.5. The molecular weight excluding hydrogens is 296 g/mol. The average molecular weight is 318 g/mol. The van der Waals surface area contributed by atoms with Crippen molar-refractivity contribution < 1.29 is 8.42 Å². The summed E-state index contributed by atoms with van der Waals surface area (Å²) in [4.78, 5) is 0.255. The first kappa shape index (κ1) is 16.4. The molecule has 0 heterocycles. The molecule has 0 aliphatic heterocycles. The molecule has 2 aromatic carbocycles. The first-order valence-corrected chi connectivity index (χ1v) is 8.70. The van der Waals surface area contributed by atoms with Crippen LogP contribution in [0.25, 0.3) is 0 Å². The van der Waals surface area contributed by atoms with Crippen LogP contribution in [0.15, 0.2) is 53.4 Å². The highest BCUT2D eigenvalue weighted by Crippen LogP contribution is 2.28. The van der Waals surface area contributed by atoms with Crippen molar-refractivity contribution in [2.24, 2.45) is 5.92 Å². The van der Waals surface area contributed by atoms with Crippen LogP contribution in [0, 0.1) is 12.8 Å². The fourth-order valence-electron chi connectivity index (χ4n) is 2.27. The molecule has 0 saturated heterocycles. The Morgan fingerprint density at radius 3 is 2.18 bits per heavy atom. The number of nitrogens with two attached hydrogens (primary N) is 1. The number of sulfonamides is 1. The number of nitrogen functional groups attached to an aromatic ring is 1. The predicted molar refractivity (Wildman–Crippen MR) is 91.4 cm³/mol. The van der Waals surface area contributed by atoms with Crippen molar-refractivity contribution in [1.29, 1.82) is 0 Å². The molecule has 5 heteroatoms. The molecule has 4 nitrogen and oxygen atoms in total. The zero-order chi connectivity index (χ0) is 16.3. The van der Waals surface area contributed by atoms with E-state index in [1.807, 2.05) is 45.0 Å². The second-order valence-electron chi connectivity index (χ2n) is 5.79. The Kier molecular flexibility index (Phi) is 4.76. The molecule has 2 aromatic rings. The highest BCUT2D eigenvalue weighted by molar-refractivity contribution is 7.92. The van der Waals surface area contributed by atoms with Gasteiger partial charge in [0.25, 0.3) is 10.0 Å². The van der Waals surface area contributed by atoms with E-state index in [-0.39, 0.29) is 10.8 Å². The number of nitrogens with zero attached hydrogens (tertiary/aromatic N) is 1. The van der Waals surface area contributed by atoms with Gasteiger partial charge in [-0.25, -0.2) is 8.42 Å². The Morgan fingerprint density at radius 2 is 1.64 bits per heavy atom. The molecule has 0 atom stereocenters. The lowest BCUT2D eigenvalue weighted by molar-refractivity contribution is 0.577. The molecule has 0 saturated carbocycles. The van der Waals surface area contributed by atoms with Crippen LogP contribution >= 0.6 is 0 Å². The molecule has 22 heavy (non-hydrogen) atoms. The van der Waals surface area contributed by atoms with Crippen molar-refractivity contribution in [3.63, 3.8) is 0 Å². The average Bonchev–Trinajstić information content (AvgIpc) is 2.46. The number of rotatable bonds is 5. The van der Waals surface area contributed by atoms with Crippen LogP contribution in [0.3, 0.4) is 0 Å². The Hall–Kier alpha value is -2.01. The quantitative estimate of drug-likeness (QED) is 0.859. The van der Waals surface area contributed by atoms with Crippen LogP contribution in [-0.4, -0.2) is 15.0 Å². The summed E-state index contributed by atoms with van der Waals surface area (Å²) in [5.74, 6) is 0.211. The molecule has 0 radical (unpaired) electrons. The molecule has 0 amide bonds. The third kappa shape index (κ3) is 3.42. The highest BCUT2D eigenvalue weighted by atomic mass is 32.2. The molecular formula is C17H22N2O2S. The van der Waals surface area contributed by atoms with Crippen LogP contribution in [0.2, 0.25) is 0 Å². The Balaban J connectivity index is 2.53. The Morgan fingerprint density at radius 1 is 1.05 bits per heavy atom. The van der Waals surface area contributed by atoms with Gasteiger partial charge in [0, 0.05) is 12.2 Å². The van der Waals surface area contributed by atoms with Crippen molar-refractivity contribution in [3.8, 4) is 0 Å². The van der Waals surface area contributed by atoms with Crippen molar-refractivity contribution in [1.82, 2.24) is 0 Å². The van der Waals surface area contributed by atoms with E-state index in [1.165, 1.54) is 4.31 Å². The Labute approximate surface area is 132 Å². The summed E-state index contributed by atoms with van der Waals surface area (Å²) in [6.07, 6.45) is 0. The second-order valence-corrected chi connectivity index (χ2v) is 7.65. The lowest BCUT2D eigenvalue weighted by atomic mass is 10.1.